The van der Waals surface area contributed by atoms with Gasteiger partial charge in [-0.25, -0.2) is 4.79 Å². The summed E-state index contributed by atoms with van der Waals surface area (Å²) in [6, 6.07) is 3.69. The van der Waals surface area contributed by atoms with Crippen molar-refractivity contribution in [3.8, 4) is 5.75 Å². The molecule has 1 atom stereocenters. The van der Waals surface area contributed by atoms with Gasteiger partial charge < -0.3 is 19.2 Å². The summed E-state index contributed by atoms with van der Waals surface area (Å²) in [6.45, 7) is 8.85. The van der Waals surface area contributed by atoms with Crippen molar-refractivity contribution >= 4 is 16.9 Å². The van der Waals surface area contributed by atoms with E-state index in [9.17, 15) is 9.59 Å². The third-order valence-corrected chi connectivity index (χ3v) is 5.77. The van der Waals surface area contributed by atoms with Gasteiger partial charge >= 0.3 is 5.63 Å². The summed E-state index contributed by atoms with van der Waals surface area (Å²) in [4.78, 5) is 26.7. The first-order valence-corrected chi connectivity index (χ1v) is 9.92. The molecule has 1 aliphatic heterocycles. The molecule has 0 bridgehead atoms. The van der Waals surface area contributed by atoms with Gasteiger partial charge in [-0.1, -0.05) is 0 Å². The van der Waals surface area contributed by atoms with Crippen LogP contribution in [0.5, 0.6) is 5.75 Å². The second-order valence-corrected chi connectivity index (χ2v) is 7.82. The number of carbonyl (C=O) groups excluding carboxylic acids is 1. The highest BCUT2D eigenvalue weighted by atomic mass is 16.5. The van der Waals surface area contributed by atoms with Crippen LogP contribution in [0.25, 0.3) is 11.0 Å². The predicted molar refractivity (Wildman–Crippen MR) is 108 cm³/mol. The Morgan fingerprint density at radius 3 is 2.57 bits per heavy atom. The van der Waals surface area contributed by atoms with Crippen molar-refractivity contribution in [3.63, 3.8) is 0 Å². The first-order valence-electron chi connectivity index (χ1n) is 9.92. The number of aryl methyl sites for hydroxylation is 2. The Morgan fingerprint density at radius 1 is 1.25 bits per heavy atom. The molecule has 2 heterocycles. The molecular formula is C22H29NO5. The minimum Gasteiger partial charge on any atom is -0.480 e. The number of ether oxygens (including phenoxy) is 1. The van der Waals surface area contributed by atoms with Gasteiger partial charge in [-0.05, 0) is 76.1 Å². The maximum Gasteiger partial charge on any atom is 0.339 e. The highest BCUT2D eigenvalue weighted by Crippen LogP contribution is 2.32. The number of carbonyl (C=O) groups is 1. The first-order chi connectivity index (χ1) is 13.3. The van der Waals surface area contributed by atoms with Crippen LogP contribution >= 0.6 is 0 Å². The van der Waals surface area contributed by atoms with Crippen LogP contribution in [0.3, 0.4) is 0 Å². The van der Waals surface area contributed by atoms with Crippen LogP contribution in [-0.4, -0.2) is 41.7 Å². The van der Waals surface area contributed by atoms with Crippen molar-refractivity contribution in [3.05, 3.63) is 39.2 Å². The maximum absolute atomic E-state index is 12.9. The molecule has 0 saturated carbocycles. The van der Waals surface area contributed by atoms with Gasteiger partial charge in [0.2, 0.25) is 0 Å². The van der Waals surface area contributed by atoms with E-state index in [0.717, 1.165) is 35.8 Å². The molecule has 0 radical (unpaired) electrons. The van der Waals surface area contributed by atoms with Crippen LogP contribution in [0.15, 0.2) is 21.3 Å². The predicted octanol–water partition coefficient (Wildman–Crippen LogP) is 3.11. The van der Waals surface area contributed by atoms with Gasteiger partial charge in [0.15, 0.2) is 6.10 Å². The fourth-order valence-corrected chi connectivity index (χ4v) is 3.90. The Kier molecular flexibility index (Phi) is 6.08. The van der Waals surface area contributed by atoms with Gasteiger partial charge in [-0.15, -0.1) is 0 Å². The molecule has 1 aromatic heterocycles. The van der Waals surface area contributed by atoms with E-state index in [0.29, 0.717) is 35.9 Å². The lowest BCUT2D eigenvalue weighted by Gasteiger charge is -2.33. The molecule has 1 saturated heterocycles. The molecule has 2 aromatic rings. The van der Waals surface area contributed by atoms with Crippen molar-refractivity contribution in [2.75, 3.05) is 19.7 Å². The number of rotatable bonds is 5. The first kappa shape index (κ1) is 20.4. The standard InChI is InChI=1S/C22H29NO5/c1-13-11-18(20-14(2)15(3)22(26)28-19(20)12-13)27-16(4)21(25)23-8-5-17(6-9-23)7-10-24/h11-12,16-17,24H,5-10H2,1-4H3. The molecule has 152 valence electrons. The summed E-state index contributed by atoms with van der Waals surface area (Å²) in [7, 11) is 0. The number of nitrogens with zero attached hydrogens (tertiary/aromatic N) is 1. The average Bonchev–Trinajstić information content (AvgIpc) is 2.66. The van der Waals surface area contributed by atoms with Gasteiger partial charge in [-0.3, -0.25) is 4.79 Å². The monoisotopic (exact) mass is 387 g/mol. The fourth-order valence-electron chi connectivity index (χ4n) is 3.90. The number of likely N-dealkylation sites (tertiary alicyclic amines) is 1. The van der Waals surface area contributed by atoms with Gasteiger partial charge in [0, 0.05) is 25.3 Å². The van der Waals surface area contributed by atoms with Crippen LogP contribution in [0, 0.1) is 26.7 Å². The number of piperidine rings is 1. The molecule has 6 nitrogen and oxygen atoms in total. The van der Waals surface area contributed by atoms with Crippen molar-refractivity contribution in [1.29, 1.82) is 0 Å². The van der Waals surface area contributed by atoms with Gasteiger partial charge in [-0.2, -0.15) is 0 Å². The highest BCUT2D eigenvalue weighted by Gasteiger charge is 2.27. The number of aliphatic hydroxyl groups excluding tert-OH is 1. The number of fused-ring (bicyclic) bond motifs is 1. The average molecular weight is 387 g/mol. The number of amides is 1. The molecule has 3 rings (SSSR count). The third-order valence-electron chi connectivity index (χ3n) is 5.77. The van der Waals surface area contributed by atoms with Crippen molar-refractivity contribution in [2.24, 2.45) is 5.92 Å². The lowest BCUT2D eigenvalue weighted by Crippen LogP contribution is -2.44. The Bertz CT molecular complexity index is 925. The topological polar surface area (TPSA) is 80.0 Å². The van der Waals surface area contributed by atoms with Crippen LogP contribution in [0.1, 0.15) is 42.9 Å². The van der Waals surface area contributed by atoms with Gasteiger partial charge in [0.1, 0.15) is 11.3 Å². The number of aliphatic hydroxyl groups is 1. The highest BCUT2D eigenvalue weighted by molar-refractivity contribution is 5.89. The zero-order valence-corrected chi connectivity index (χ0v) is 17.1. The Balaban J connectivity index is 1.81. The van der Waals surface area contributed by atoms with E-state index in [1.165, 1.54) is 0 Å². The molecular weight excluding hydrogens is 358 g/mol. The molecule has 1 aliphatic rings. The zero-order chi connectivity index (χ0) is 20.4. The summed E-state index contributed by atoms with van der Waals surface area (Å²) in [5, 5.41) is 9.83. The summed E-state index contributed by atoms with van der Waals surface area (Å²) < 4.78 is 11.5. The van der Waals surface area contributed by atoms with E-state index < -0.39 is 6.10 Å². The Labute approximate surface area is 165 Å². The third kappa shape index (κ3) is 4.07. The van der Waals surface area contributed by atoms with Gasteiger partial charge in [0.25, 0.3) is 5.91 Å². The number of hydrogen-bond acceptors (Lipinski definition) is 5. The van der Waals surface area contributed by atoms with Crippen molar-refractivity contribution in [2.45, 2.75) is 53.1 Å². The molecule has 1 fully saturated rings. The second kappa shape index (κ2) is 8.35. The molecule has 28 heavy (non-hydrogen) atoms. The smallest absolute Gasteiger partial charge is 0.339 e. The van der Waals surface area contributed by atoms with E-state index in [1.54, 1.807) is 13.8 Å². The maximum atomic E-state index is 12.9. The van der Waals surface area contributed by atoms with E-state index in [1.807, 2.05) is 30.9 Å². The molecule has 1 amide bonds. The summed E-state index contributed by atoms with van der Waals surface area (Å²) in [5.41, 5.74) is 2.39. The quantitative estimate of drug-likeness (QED) is 0.798. The number of hydrogen-bond donors (Lipinski definition) is 1. The molecule has 1 N–H and O–H groups in total. The fraction of sp³-hybridized carbons (Fsp3) is 0.545. The molecule has 6 heteroatoms. The molecule has 0 spiro atoms. The second-order valence-electron chi connectivity index (χ2n) is 7.82. The van der Waals surface area contributed by atoms with E-state index in [-0.39, 0.29) is 18.1 Å². The largest absolute Gasteiger partial charge is 0.480 e. The minimum absolute atomic E-state index is 0.0381. The molecule has 1 unspecified atom stereocenters. The molecule has 0 aliphatic carbocycles. The SMILES string of the molecule is Cc1cc(OC(C)C(=O)N2CCC(CCO)CC2)c2c(C)c(C)c(=O)oc2c1. The minimum atomic E-state index is -0.633. The lowest BCUT2D eigenvalue weighted by molar-refractivity contribution is -0.139. The van der Waals surface area contributed by atoms with Crippen molar-refractivity contribution in [1.82, 2.24) is 4.90 Å². The summed E-state index contributed by atoms with van der Waals surface area (Å²) in [5.74, 6) is 1.01. The van der Waals surface area contributed by atoms with Crippen LogP contribution in [-0.2, 0) is 4.79 Å². The van der Waals surface area contributed by atoms with Crippen LogP contribution < -0.4 is 10.4 Å². The van der Waals surface area contributed by atoms with E-state index >= 15 is 0 Å². The Hall–Kier alpha value is -2.34. The van der Waals surface area contributed by atoms with Gasteiger partial charge in [0.05, 0.1) is 5.39 Å². The van der Waals surface area contributed by atoms with E-state index in [4.69, 9.17) is 14.3 Å². The van der Waals surface area contributed by atoms with Crippen LogP contribution in [0.4, 0.5) is 0 Å². The molecule has 1 aromatic carbocycles. The van der Waals surface area contributed by atoms with Crippen molar-refractivity contribution < 1.29 is 19.1 Å². The normalized spacial score (nSPS) is 16.4. The summed E-state index contributed by atoms with van der Waals surface area (Å²) >= 11 is 0. The lowest BCUT2D eigenvalue weighted by atomic mass is 9.94. The summed E-state index contributed by atoms with van der Waals surface area (Å²) in [6.07, 6.45) is 1.99. The zero-order valence-electron chi connectivity index (χ0n) is 17.1. The van der Waals surface area contributed by atoms with E-state index in [2.05, 4.69) is 0 Å². The Morgan fingerprint density at radius 2 is 1.93 bits per heavy atom. The van der Waals surface area contributed by atoms with Crippen LogP contribution in [0.2, 0.25) is 0 Å². The number of benzene rings is 1.